The molecule has 1 N–H and O–H groups in total. The van der Waals surface area contributed by atoms with Crippen LogP contribution in [0.25, 0.3) is 0 Å². The van der Waals surface area contributed by atoms with Crippen LogP contribution in [0.5, 0.6) is 5.75 Å². The summed E-state index contributed by atoms with van der Waals surface area (Å²) >= 11 is 0. The second-order valence-corrected chi connectivity index (χ2v) is 8.20. The number of morpholine rings is 1. The van der Waals surface area contributed by atoms with Gasteiger partial charge in [-0.2, -0.15) is 0 Å². The van der Waals surface area contributed by atoms with Crippen LogP contribution in [-0.4, -0.2) is 55.9 Å². The number of amides is 1. The highest BCUT2D eigenvalue weighted by Gasteiger charge is 2.46. The number of nitrogens with zero attached hydrogens (tertiary/aromatic N) is 1. The second-order valence-electron chi connectivity index (χ2n) is 8.20. The number of nitrogens with one attached hydrogen (secondary N) is 1. The summed E-state index contributed by atoms with van der Waals surface area (Å²) in [6, 6.07) is 7.74. The van der Waals surface area contributed by atoms with Crippen molar-refractivity contribution in [3.8, 4) is 5.75 Å². The molecule has 2 saturated heterocycles. The molecule has 0 aromatic heterocycles. The summed E-state index contributed by atoms with van der Waals surface area (Å²) in [7, 11) is 1.53. The third-order valence-corrected chi connectivity index (χ3v) is 5.76. The van der Waals surface area contributed by atoms with Crippen molar-refractivity contribution in [1.29, 1.82) is 0 Å². The molecule has 2 unspecified atom stereocenters. The van der Waals surface area contributed by atoms with Gasteiger partial charge in [-0.3, -0.25) is 9.69 Å². The fraction of sp³-hybridized carbons (Fsp3) is 0.435. The van der Waals surface area contributed by atoms with E-state index in [-0.39, 0.29) is 24.9 Å². The number of hydrogen-bond acceptors (Lipinski definition) is 5. The van der Waals surface area contributed by atoms with Crippen LogP contribution in [0.1, 0.15) is 17.5 Å². The minimum Gasteiger partial charge on any atom is -0.497 e. The van der Waals surface area contributed by atoms with E-state index in [4.69, 9.17) is 14.2 Å². The lowest BCUT2D eigenvalue weighted by Crippen LogP contribution is -2.52. The van der Waals surface area contributed by atoms with Crippen molar-refractivity contribution >= 4 is 5.91 Å². The van der Waals surface area contributed by atoms with E-state index in [2.05, 4.69) is 10.2 Å². The van der Waals surface area contributed by atoms with Gasteiger partial charge in [0.2, 0.25) is 5.91 Å². The lowest BCUT2D eigenvalue weighted by molar-refractivity contribution is -0.130. The van der Waals surface area contributed by atoms with Crippen LogP contribution in [-0.2, 0) is 27.4 Å². The number of carbonyl (C=O) groups is 1. The lowest BCUT2D eigenvalue weighted by Gasteiger charge is -2.39. The number of ether oxygens (including phenoxy) is 3. The summed E-state index contributed by atoms with van der Waals surface area (Å²) in [5, 5.41) is 2.66. The van der Waals surface area contributed by atoms with Crippen molar-refractivity contribution in [2.75, 3.05) is 33.4 Å². The Morgan fingerprint density at radius 3 is 2.75 bits per heavy atom. The molecular weight excluding hydrogens is 425 g/mol. The number of carbonyl (C=O) groups excluding carboxylic acids is 1. The predicted molar refractivity (Wildman–Crippen MR) is 109 cm³/mol. The molecule has 2 fully saturated rings. The van der Waals surface area contributed by atoms with Crippen molar-refractivity contribution in [3.05, 3.63) is 65.0 Å². The van der Waals surface area contributed by atoms with Gasteiger partial charge in [0.1, 0.15) is 34.9 Å². The molecule has 9 heteroatoms. The van der Waals surface area contributed by atoms with Crippen molar-refractivity contribution in [2.45, 2.75) is 31.2 Å². The third kappa shape index (κ3) is 5.23. The third-order valence-electron chi connectivity index (χ3n) is 5.76. The quantitative estimate of drug-likeness (QED) is 0.734. The minimum absolute atomic E-state index is 0.0114. The Labute approximate surface area is 184 Å². The number of methoxy groups -OCH3 is 1. The maximum atomic E-state index is 14.2. The van der Waals surface area contributed by atoms with Gasteiger partial charge in [-0.1, -0.05) is 0 Å². The maximum Gasteiger partial charge on any atom is 0.249 e. The molecule has 2 heterocycles. The van der Waals surface area contributed by atoms with Crippen LogP contribution in [0.4, 0.5) is 13.2 Å². The molecule has 4 rings (SSSR count). The Morgan fingerprint density at radius 2 is 2.00 bits per heavy atom. The molecule has 0 bridgehead atoms. The first-order valence-electron chi connectivity index (χ1n) is 10.4. The van der Waals surface area contributed by atoms with E-state index in [0.717, 1.165) is 6.07 Å². The Balaban J connectivity index is 1.34. The molecule has 2 atom stereocenters. The molecule has 1 amide bonds. The molecule has 2 aliphatic heterocycles. The first-order valence-corrected chi connectivity index (χ1v) is 10.4. The van der Waals surface area contributed by atoms with Crippen LogP contribution in [0.15, 0.2) is 36.4 Å². The van der Waals surface area contributed by atoms with Gasteiger partial charge in [0.25, 0.3) is 0 Å². The molecule has 32 heavy (non-hydrogen) atoms. The van der Waals surface area contributed by atoms with Crippen LogP contribution >= 0.6 is 0 Å². The lowest BCUT2D eigenvalue weighted by atomic mass is 9.97. The average Bonchev–Trinajstić information content (AvgIpc) is 3.16. The van der Waals surface area contributed by atoms with Gasteiger partial charge in [0.15, 0.2) is 0 Å². The Kier molecular flexibility index (Phi) is 6.68. The van der Waals surface area contributed by atoms with Gasteiger partial charge >= 0.3 is 0 Å². The molecule has 0 radical (unpaired) electrons. The van der Waals surface area contributed by atoms with Crippen molar-refractivity contribution in [1.82, 2.24) is 10.2 Å². The van der Waals surface area contributed by atoms with E-state index < -0.39 is 23.3 Å². The fourth-order valence-electron chi connectivity index (χ4n) is 4.20. The standard InChI is InChI=1S/C23H25F3N2O4/c1-30-19-2-3-20(26)16(8-19)12-28-4-5-32-23(13-28)10-21(31-14-23)22(29)27-11-15-6-17(24)9-18(25)7-15/h2-3,6-9,21H,4-5,10-14H2,1H3,(H,27,29). The first-order chi connectivity index (χ1) is 15.4. The topological polar surface area (TPSA) is 60.0 Å². The van der Waals surface area contributed by atoms with Gasteiger partial charge in [0.05, 0.1) is 20.3 Å². The maximum absolute atomic E-state index is 14.2. The number of halogens is 3. The molecule has 2 aromatic rings. The fourth-order valence-corrected chi connectivity index (χ4v) is 4.20. The second kappa shape index (κ2) is 9.48. The monoisotopic (exact) mass is 450 g/mol. The smallest absolute Gasteiger partial charge is 0.249 e. The average molecular weight is 450 g/mol. The summed E-state index contributed by atoms with van der Waals surface area (Å²) in [6.45, 7) is 2.16. The minimum atomic E-state index is -0.734. The number of benzene rings is 2. The zero-order valence-electron chi connectivity index (χ0n) is 17.7. The molecule has 6 nitrogen and oxygen atoms in total. The Hall–Kier alpha value is -2.62. The van der Waals surface area contributed by atoms with E-state index in [1.54, 1.807) is 12.1 Å². The van der Waals surface area contributed by atoms with Gasteiger partial charge < -0.3 is 19.5 Å². The van der Waals surface area contributed by atoms with Crippen LogP contribution in [0.3, 0.4) is 0 Å². The first kappa shape index (κ1) is 22.6. The molecule has 0 aliphatic carbocycles. The Morgan fingerprint density at radius 1 is 1.22 bits per heavy atom. The van der Waals surface area contributed by atoms with Crippen molar-refractivity contribution in [2.24, 2.45) is 0 Å². The van der Waals surface area contributed by atoms with E-state index in [0.29, 0.717) is 49.5 Å². The normalized spacial score (nSPS) is 23.4. The van der Waals surface area contributed by atoms with Crippen LogP contribution in [0, 0.1) is 17.5 Å². The van der Waals surface area contributed by atoms with E-state index in [1.165, 1.54) is 25.3 Å². The van der Waals surface area contributed by atoms with Crippen LogP contribution in [0.2, 0.25) is 0 Å². The summed E-state index contributed by atoms with van der Waals surface area (Å²) in [5.74, 6) is -1.49. The van der Waals surface area contributed by atoms with Crippen molar-refractivity contribution < 1.29 is 32.2 Å². The van der Waals surface area contributed by atoms with Gasteiger partial charge in [-0.15, -0.1) is 0 Å². The highest BCUT2D eigenvalue weighted by atomic mass is 19.1. The SMILES string of the molecule is COc1ccc(F)c(CN2CCOC3(COC(C(=O)NCc4cc(F)cc(F)c4)C3)C2)c1. The van der Waals surface area contributed by atoms with Crippen LogP contribution < -0.4 is 10.1 Å². The summed E-state index contributed by atoms with van der Waals surface area (Å²) in [4.78, 5) is 14.6. The molecular formula is C23H25F3N2O4. The molecule has 2 aliphatic rings. The van der Waals surface area contributed by atoms with E-state index in [1.807, 2.05) is 0 Å². The summed E-state index contributed by atoms with van der Waals surface area (Å²) in [5.41, 5.74) is 0.182. The summed E-state index contributed by atoms with van der Waals surface area (Å²) in [6.07, 6.45) is -0.394. The van der Waals surface area contributed by atoms with E-state index in [9.17, 15) is 18.0 Å². The largest absolute Gasteiger partial charge is 0.497 e. The van der Waals surface area contributed by atoms with Gasteiger partial charge in [-0.25, -0.2) is 13.2 Å². The zero-order valence-corrected chi connectivity index (χ0v) is 17.7. The van der Waals surface area contributed by atoms with E-state index >= 15 is 0 Å². The Bertz CT molecular complexity index is 969. The highest BCUT2D eigenvalue weighted by molar-refractivity contribution is 5.81. The van der Waals surface area contributed by atoms with Crippen molar-refractivity contribution in [3.63, 3.8) is 0 Å². The highest BCUT2D eigenvalue weighted by Crippen LogP contribution is 2.32. The summed E-state index contributed by atoms with van der Waals surface area (Å²) < 4.78 is 57.7. The van der Waals surface area contributed by atoms with Gasteiger partial charge in [-0.05, 0) is 35.9 Å². The number of hydrogen-bond donors (Lipinski definition) is 1. The molecule has 2 aromatic carbocycles. The molecule has 1 spiro atoms. The molecule has 0 saturated carbocycles. The number of rotatable bonds is 6. The van der Waals surface area contributed by atoms with Gasteiger partial charge in [0, 0.05) is 44.2 Å². The molecule has 172 valence electrons. The zero-order chi connectivity index (χ0) is 22.7. The predicted octanol–water partition coefficient (Wildman–Crippen LogP) is 2.79.